The van der Waals surface area contributed by atoms with Crippen molar-refractivity contribution in [1.29, 1.82) is 0 Å². The van der Waals surface area contributed by atoms with Crippen LogP contribution in [0.15, 0.2) is 41.3 Å². The van der Waals surface area contributed by atoms with Gasteiger partial charge in [-0.2, -0.15) is 4.98 Å². The number of carbonyl (C=O) groups is 1. The standard InChI is InChI=1S/C29H35N7O2/c1-18(2)34-14-28(15-34)16-35(17-28)22-7-5-21(6-8-22)31-27-30-13-20-9-23(25(37)33(3)4)26(38)36(24(20)32-27)29-10-19(11-29)12-29/h5-9,13,18-19H,10-12,14-17H2,1-4H3,(H,30,31,32). The second-order valence-electron chi connectivity index (χ2n) is 12.6. The molecular formula is C29H35N7O2. The predicted molar refractivity (Wildman–Crippen MR) is 148 cm³/mol. The molecular weight excluding hydrogens is 478 g/mol. The van der Waals surface area contributed by atoms with Gasteiger partial charge in [0.25, 0.3) is 11.5 Å². The van der Waals surface area contributed by atoms with Crippen LogP contribution in [0.2, 0.25) is 0 Å². The van der Waals surface area contributed by atoms with Crippen molar-refractivity contribution < 1.29 is 4.79 Å². The van der Waals surface area contributed by atoms with Crippen LogP contribution in [0.1, 0.15) is 43.5 Å². The van der Waals surface area contributed by atoms with Crippen LogP contribution in [0.3, 0.4) is 0 Å². The van der Waals surface area contributed by atoms with Gasteiger partial charge in [-0.25, -0.2) is 4.98 Å². The predicted octanol–water partition coefficient (Wildman–Crippen LogP) is 3.28. The molecule has 5 aliphatic rings. The molecule has 1 N–H and O–H groups in total. The van der Waals surface area contributed by atoms with Crippen molar-refractivity contribution in [3.63, 3.8) is 0 Å². The number of hydrogen-bond donors (Lipinski definition) is 1. The van der Waals surface area contributed by atoms with Crippen molar-refractivity contribution in [3.8, 4) is 0 Å². The second kappa shape index (κ2) is 8.02. The number of rotatable bonds is 6. The Labute approximate surface area is 222 Å². The van der Waals surface area contributed by atoms with E-state index >= 15 is 0 Å². The minimum Gasteiger partial charge on any atom is -0.370 e. The third-order valence-electron chi connectivity index (χ3n) is 9.21. The fraction of sp³-hybridized carbons (Fsp3) is 0.517. The van der Waals surface area contributed by atoms with E-state index in [0.29, 0.717) is 34.4 Å². The summed E-state index contributed by atoms with van der Waals surface area (Å²) in [6.45, 7) is 9.19. The van der Waals surface area contributed by atoms with Crippen molar-refractivity contribution in [1.82, 2.24) is 24.3 Å². The van der Waals surface area contributed by atoms with Crippen LogP contribution >= 0.6 is 0 Å². The molecule has 2 aromatic heterocycles. The smallest absolute Gasteiger partial charge is 0.265 e. The van der Waals surface area contributed by atoms with Crippen LogP contribution in [0.4, 0.5) is 17.3 Å². The molecule has 4 heterocycles. The first kappa shape index (κ1) is 23.6. The van der Waals surface area contributed by atoms with Crippen molar-refractivity contribution >= 4 is 34.3 Å². The molecule has 38 heavy (non-hydrogen) atoms. The van der Waals surface area contributed by atoms with E-state index in [2.05, 4.69) is 58.2 Å². The monoisotopic (exact) mass is 513 g/mol. The van der Waals surface area contributed by atoms with Gasteiger partial charge in [-0.05, 0) is 69.4 Å². The summed E-state index contributed by atoms with van der Waals surface area (Å²) < 4.78 is 1.79. The third kappa shape index (κ3) is 3.47. The molecule has 5 fully saturated rings. The molecule has 1 amide bonds. The van der Waals surface area contributed by atoms with Crippen LogP contribution in [0.5, 0.6) is 0 Å². The fourth-order valence-electron chi connectivity index (χ4n) is 6.91. The number of benzene rings is 1. The molecule has 3 aliphatic carbocycles. The molecule has 2 saturated heterocycles. The Morgan fingerprint density at radius 2 is 1.76 bits per heavy atom. The van der Waals surface area contributed by atoms with E-state index in [-0.39, 0.29) is 22.6 Å². The number of anilines is 3. The second-order valence-corrected chi connectivity index (χ2v) is 12.6. The molecule has 0 unspecified atom stereocenters. The number of hydrogen-bond acceptors (Lipinski definition) is 7. The Morgan fingerprint density at radius 3 is 2.34 bits per heavy atom. The largest absolute Gasteiger partial charge is 0.370 e. The zero-order chi connectivity index (χ0) is 26.4. The first-order valence-electron chi connectivity index (χ1n) is 13.7. The van der Waals surface area contributed by atoms with Gasteiger partial charge in [-0.1, -0.05) is 0 Å². The van der Waals surface area contributed by atoms with Crippen LogP contribution in [-0.2, 0) is 5.54 Å². The lowest BCUT2D eigenvalue weighted by Gasteiger charge is -2.62. The third-order valence-corrected chi connectivity index (χ3v) is 9.21. The Kier molecular flexibility index (Phi) is 4.99. The minimum absolute atomic E-state index is 0.179. The van der Waals surface area contributed by atoms with Crippen molar-refractivity contribution in [2.45, 2.75) is 44.7 Å². The number of fused-ring (bicyclic) bond motifs is 1. The number of nitrogens with zero attached hydrogens (tertiary/aromatic N) is 6. The molecule has 3 aromatic rings. The lowest BCUT2D eigenvalue weighted by molar-refractivity contribution is -0.0884. The van der Waals surface area contributed by atoms with E-state index in [1.54, 1.807) is 30.9 Å². The zero-order valence-corrected chi connectivity index (χ0v) is 22.6. The summed E-state index contributed by atoms with van der Waals surface area (Å²) in [5.41, 5.74) is 2.93. The van der Waals surface area contributed by atoms with Crippen molar-refractivity contribution in [2.75, 3.05) is 50.5 Å². The average molecular weight is 514 g/mol. The van der Waals surface area contributed by atoms with Crippen LogP contribution in [-0.4, -0.2) is 76.6 Å². The highest BCUT2D eigenvalue weighted by atomic mass is 16.2. The Balaban J connectivity index is 1.12. The van der Waals surface area contributed by atoms with E-state index in [4.69, 9.17) is 4.98 Å². The van der Waals surface area contributed by atoms with Crippen LogP contribution in [0, 0.1) is 11.3 Å². The molecule has 2 bridgehead atoms. The highest BCUT2D eigenvalue weighted by Crippen LogP contribution is 2.62. The quantitative estimate of drug-likeness (QED) is 0.541. The van der Waals surface area contributed by atoms with Gasteiger partial charge in [0.1, 0.15) is 11.2 Å². The summed E-state index contributed by atoms with van der Waals surface area (Å²) >= 11 is 0. The van der Waals surface area contributed by atoms with Gasteiger partial charge in [-0.15, -0.1) is 0 Å². The SMILES string of the molecule is CC(C)N1CC2(CN(c3ccc(Nc4ncc5cc(C(=O)N(C)C)c(=O)n(C67CC(C6)C7)c5n4)cc3)C2)C1. The molecule has 3 saturated carbocycles. The molecule has 1 spiro atoms. The van der Waals surface area contributed by atoms with E-state index in [9.17, 15) is 9.59 Å². The topological polar surface area (TPSA) is 86.6 Å². The molecule has 198 valence electrons. The van der Waals surface area contributed by atoms with Gasteiger partial charge in [0.15, 0.2) is 0 Å². The maximum atomic E-state index is 13.5. The van der Waals surface area contributed by atoms with Crippen LogP contribution < -0.4 is 15.8 Å². The summed E-state index contributed by atoms with van der Waals surface area (Å²) in [4.78, 5) is 42.1. The summed E-state index contributed by atoms with van der Waals surface area (Å²) in [6, 6.07) is 10.7. The Hall–Kier alpha value is -3.46. The van der Waals surface area contributed by atoms with Gasteiger partial charge in [-0.3, -0.25) is 19.1 Å². The van der Waals surface area contributed by atoms with Gasteiger partial charge >= 0.3 is 0 Å². The highest BCUT2D eigenvalue weighted by Gasteiger charge is 2.59. The molecule has 1 aromatic carbocycles. The summed E-state index contributed by atoms with van der Waals surface area (Å²) in [7, 11) is 3.33. The number of likely N-dealkylation sites (tertiary alicyclic amines) is 1. The summed E-state index contributed by atoms with van der Waals surface area (Å²) in [5.74, 6) is 0.841. The molecule has 9 heteroatoms. The first-order chi connectivity index (χ1) is 18.2. The fourth-order valence-corrected chi connectivity index (χ4v) is 6.91. The number of aromatic nitrogens is 3. The van der Waals surface area contributed by atoms with E-state index in [0.717, 1.165) is 38.0 Å². The van der Waals surface area contributed by atoms with Crippen molar-refractivity contribution in [2.24, 2.45) is 11.3 Å². The molecule has 2 aliphatic heterocycles. The molecule has 0 atom stereocenters. The van der Waals surface area contributed by atoms with Gasteiger partial charge in [0.2, 0.25) is 5.95 Å². The van der Waals surface area contributed by atoms with Gasteiger partial charge < -0.3 is 15.1 Å². The maximum absolute atomic E-state index is 13.5. The summed E-state index contributed by atoms with van der Waals surface area (Å²) in [5, 5.41) is 4.03. The normalized spacial score (nSPS) is 25.0. The van der Waals surface area contributed by atoms with Gasteiger partial charge in [0.05, 0.1) is 5.54 Å². The lowest BCUT2D eigenvalue weighted by atomic mass is 9.49. The van der Waals surface area contributed by atoms with E-state index < -0.39 is 0 Å². The number of carbonyl (C=O) groups excluding carboxylic acids is 1. The molecule has 9 nitrogen and oxygen atoms in total. The Bertz CT molecular complexity index is 1480. The first-order valence-corrected chi connectivity index (χ1v) is 13.7. The average Bonchev–Trinajstić information content (AvgIpc) is 2.77. The van der Waals surface area contributed by atoms with Crippen molar-refractivity contribution in [3.05, 3.63) is 52.4 Å². The zero-order valence-electron chi connectivity index (χ0n) is 22.6. The van der Waals surface area contributed by atoms with E-state index in [1.165, 1.54) is 23.7 Å². The molecule has 0 radical (unpaired) electrons. The number of amides is 1. The van der Waals surface area contributed by atoms with Gasteiger partial charge in [0, 0.05) is 74.7 Å². The van der Waals surface area contributed by atoms with Crippen LogP contribution in [0.25, 0.3) is 11.0 Å². The number of nitrogens with one attached hydrogen (secondary N) is 1. The lowest BCUT2D eigenvalue weighted by Crippen LogP contribution is -2.73. The maximum Gasteiger partial charge on any atom is 0.265 e. The minimum atomic E-state index is -0.290. The van der Waals surface area contributed by atoms with E-state index in [1.807, 2.05) is 0 Å². The molecule has 8 rings (SSSR count). The Morgan fingerprint density at radius 1 is 1.08 bits per heavy atom. The number of pyridine rings is 1. The highest BCUT2D eigenvalue weighted by molar-refractivity contribution is 5.96. The summed E-state index contributed by atoms with van der Waals surface area (Å²) in [6.07, 6.45) is 4.64.